The Morgan fingerprint density at radius 3 is 2.35 bits per heavy atom. The fraction of sp³-hybridized carbons (Fsp3) is 0.395. The minimum absolute atomic E-state index is 0.310. The molecule has 3 aromatic carbocycles. The first-order valence-electron chi connectivity index (χ1n) is 16.7. The number of carboxylic acids is 1. The summed E-state index contributed by atoms with van der Waals surface area (Å²) in [6.45, 7) is 14.9. The maximum atomic E-state index is 11.8. The number of hydrogen-bond donors (Lipinski definition) is 1. The summed E-state index contributed by atoms with van der Waals surface area (Å²) in [5.74, 6) is 1.20. The van der Waals surface area contributed by atoms with Crippen molar-refractivity contribution in [2.45, 2.75) is 66.5 Å². The molecule has 0 atom stereocenters. The highest BCUT2D eigenvalue weighted by Crippen LogP contribution is 2.31. The monoisotopic (exact) mass is 619 g/mol. The Hall–Kier alpha value is -4.27. The van der Waals surface area contributed by atoms with Crippen LogP contribution in [0.5, 0.6) is 0 Å². The molecule has 46 heavy (non-hydrogen) atoms. The molecule has 0 aliphatic carbocycles. The highest BCUT2D eigenvalue weighted by atomic mass is 16.5. The van der Waals surface area contributed by atoms with Crippen LogP contribution in [0.1, 0.15) is 65.9 Å². The summed E-state index contributed by atoms with van der Waals surface area (Å²) in [5, 5.41) is 9.69. The number of imidazole rings is 2. The van der Waals surface area contributed by atoms with Gasteiger partial charge in [-0.25, -0.2) is 14.8 Å². The zero-order chi connectivity index (χ0) is 32.2. The quantitative estimate of drug-likeness (QED) is 0.161. The molecule has 1 aliphatic rings. The van der Waals surface area contributed by atoms with E-state index >= 15 is 0 Å². The molecular formula is C38H45N5O3. The van der Waals surface area contributed by atoms with Gasteiger partial charge in [0.15, 0.2) is 0 Å². The fourth-order valence-corrected chi connectivity index (χ4v) is 6.80. The van der Waals surface area contributed by atoms with Gasteiger partial charge in [0, 0.05) is 50.4 Å². The first-order chi connectivity index (χ1) is 22.4. The minimum Gasteiger partial charge on any atom is -0.478 e. The van der Waals surface area contributed by atoms with Gasteiger partial charge in [-0.3, -0.25) is 4.90 Å². The molecule has 0 unspecified atom stereocenters. The van der Waals surface area contributed by atoms with E-state index in [0.717, 1.165) is 116 Å². The standard InChI is InChI=1S/C38H45N5O3/c1-5-10-35-40-36-26(4)23-29(37-39-32(6-2)33(7-3)42(37)18-17-41-19-21-46-22-20-41)24-34(36)43(35)25-27-13-15-28(16-14-27)30-11-8-9-12-31(30)38(44)45/h8-9,11-16,23-24H,5-7,10,17-22,25H2,1-4H3,(H,44,45). The van der Waals surface area contributed by atoms with Crippen molar-refractivity contribution in [2.75, 3.05) is 32.8 Å². The number of benzene rings is 3. The summed E-state index contributed by atoms with van der Waals surface area (Å²) in [7, 11) is 0. The lowest BCUT2D eigenvalue weighted by Crippen LogP contribution is -2.38. The van der Waals surface area contributed by atoms with Crippen LogP contribution in [0.4, 0.5) is 0 Å². The third-order valence-corrected chi connectivity index (χ3v) is 9.19. The van der Waals surface area contributed by atoms with Crippen LogP contribution in [-0.4, -0.2) is 67.9 Å². The van der Waals surface area contributed by atoms with Gasteiger partial charge in [0.2, 0.25) is 0 Å². The number of fused-ring (bicyclic) bond motifs is 1. The summed E-state index contributed by atoms with van der Waals surface area (Å²) in [6, 6.07) is 20.0. The van der Waals surface area contributed by atoms with Crippen LogP contribution in [0.3, 0.4) is 0 Å². The van der Waals surface area contributed by atoms with Crippen LogP contribution < -0.4 is 0 Å². The fourth-order valence-electron chi connectivity index (χ4n) is 6.80. The van der Waals surface area contributed by atoms with E-state index < -0.39 is 5.97 Å². The first kappa shape index (κ1) is 31.7. The van der Waals surface area contributed by atoms with Gasteiger partial charge in [-0.2, -0.15) is 0 Å². The van der Waals surface area contributed by atoms with E-state index in [1.54, 1.807) is 12.1 Å². The average Bonchev–Trinajstić information content (AvgIpc) is 3.62. The molecule has 1 saturated heterocycles. The van der Waals surface area contributed by atoms with Crippen LogP contribution in [0, 0.1) is 6.92 Å². The van der Waals surface area contributed by atoms with Crippen molar-refractivity contribution in [3.8, 4) is 22.5 Å². The largest absolute Gasteiger partial charge is 0.478 e. The topological polar surface area (TPSA) is 85.4 Å². The van der Waals surface area contributed by atoms with Crippen LogP contribution >= 0.6 is 0 Å². The van der Waals surface area contributed by atoms with Crippen molar-refractivity contribution in [1.82, 2.24) is 24.0 Å². The van der Waals surface area contributed by atoms with Gasteiger partial charge in [0.25, 0.3) is 0 Å². The second-order valence-corrected chi connectivity index (χ2v) is 12.2. The molecule has 0 saturated carbocycles. The second-order valence-electron chi connectivity index (χ2n) is 12.2. The number of carboxylic acid groups (broad SMARTS) is 1. The van der Waals surface area contributed by atoms with Crippen molar-refractivity contribution < 1.29 is 14.6 Å². The SMILES string of the molecule is CCCc1nc2c(C)cc(-c3nc(CC)c(CC)n3CCN3CCOCC3)cc2n1Cc1ccc(-c2ccccc2C(=O)O)cc1. The molecule has 0 spiro atoms. The molecular weight excluding hydrogens is 574 g/mol. The number of aromatic carboxylic acids is 1. The zero-order valence-corrected chi connectivity index (χ0v) is 27.6. The normalized spacial score (nSPS) is 13.9. The van der Waals surface area contributed by atoms with E-state index in [2.05, 4.69) is 66.0 Å². The number of nitrogens with zero attached hydrogens (tertiary/aromatic N) is 5. The van der Waals surface area contributed by atoms with E-state index in [9.17, 15) is 9.90 Å². The maximum Gasteiger partial charge on any atom is 0.336 e. The van der Waals surface area contributed by atoms with E-state index in [0.29, 0.717) is 12.1 Å². The van der Waals surface area contributed by atoms with Gasteiger partial charge in [-0.15, -0.1) is 0 Å². The lowest BCUT2D eigenvalue weighted by molar-refractivity contribution is 0.0363. The summed E-state index contributed by atoms with van der Waals surface area (Å²) in [4.78, 5) is 24.7. The highest BCUT2D eigenvalue weighted by Gasteiger charge is 2.21. The smallest absolute Gasteiger partial charge is 0.336 e. The highest BCUT2D eigenvalue weighted by molar-refractivity contribution is 5.96. The van der Waals surface area contributed by atoms with Gasteiger partial charge < -0.3 is 19.0 Å². The number of ether oxygens (including phenoxy) is 1. The molecule has 240 valence electrons. The van der Waals surface area contributed by atoms with Crippen molar-refractivity contribution in [3.63, 3.8) is 0 Å². The van der Waals surface area contributed by atoms with Crippen molar-refractivity contribution in [1.29, 1.82) is 0 Å². The molecule has 1 aliphatic heterocycles. The van der Waals surface area contributed by atoms with Crippen LogP contribution in [0.15, 0.2) is 60.7 Å². The number of carbonyl (C=O) groups is 1. The molecule has 8 nitrogen and oxygen atoms in total. The number of aromatic nitrogens is 4. The van der Waals surface area contributed by atoms with Gasteiger partial charge in [0.1, 0.15) is 11.6 Å². The number of hydrogen-bond acceptors (Lipinski definition) is 5. The minimum atomic E-state index is -0.918. The van der Waals surface area contributed by atoms with Crippen molar-refractivity contribution >= 4 is 17.0 Å². The van der Waals surface area contributed by atoms with Crippen molar-refractivity contribution in [2.24, 2.45) is 0 Å². The maximum absolute atomic E-state index is 11.8. The molecule has 1 fully saturated rings. The van der Waals surface area contributed by atoms with Gasteiger partial charge in [-0.1, -0.05) is 63.2 Å². The Labute approximate surface area is 271 Å². The summed E-state index contributed by atoms with van der Waals surface area (Å²) in [6.07, 6.45) is 3.76. The Balaban J connectivity index is 1.38. The molecule has 8 heteroatoms. The van der Waals surface area contributed by atoms with E-state index in [1.807, 2.05) is 24.3 Å². The average molecular weight is 620 g/mol. The third kappa shape index (κ3) is 6.37. The molecule has 0 bridgehead atoms. The number of rotatable bonds is 12. The van der Waals surface area contributed by atoms with Crippen LogP contribution in [-0.2, 0) is 37.1 Å². The Bertz CT molecular complexity index is 1830. The van der Waals surface area contributed by atoms with E-state index in [-0.39, 0.29) is 0 Å². The predicted octanol–water partition coefficient (Wildman–Crippen LogP) is 7.03. The molecule has 5 aromatic rings. The summed E-state index contributed by atoms with van der Waals surface area (Å²) < 4.78 is 10.4. The zero-order valence-electron chi connectivity index (χ0n) is 27.6. The Morgan fingerprint density at radius 2 is 1.65 bits per heavy atom. The lowest BCUT2D eigenvalue weighted by atomic mass is 9.98. The van der Waals surface area contributed by atoms with Crippen LogP contribution in [0.2, 0.25) is 0 Å². The van der Waals surface area contributed by atoms with E-state index in [1.165, 1.54) is 11.4 Å². The lowest BCUT2D eigenvalue weighted by Gasteiger charge is -2.27. The molecule has 1 N–H and O–H groups in total. The van der Waals surface area contributed by atoms with E-state index in [4.69, 9.17) is 14.7 Å². The second kappa shape index (κ2) is 14.0. The van der Waals surface area contributed by atoms with Gasteiger partial charge in [-0.05, 0) is 66.6 Å². The third-order valence-electron chi connectivity index (χ3n) is 9.19. The van der Waals surface area contributed by atoms with Gasteiger partial charge >= 0.3 is 5.97 Å². The van der Waals surface area contributed by atoms with Crippen LogP contribution in [0.25, 0.3) is 33.5 Å². The molecule has 0 radical (unpaired) electrons. The molecule has 2 aromatic heterocycles. The molecule has 6 rings (SSSR count). The number of aryl methyl sites for hydroxylation is 3. The summed E-state index contributed by atoms with van der Waals surface area (Å²) in [5.41, 5.74) is 10.0. The first-order valence-corrected chi connectivity index (χ1v) is 16.7. The Morgan fingerprint density at radius 1 is 0.891 bits per heavy atom. The molecule has 3 heterocycles. The predicted molar refractivity (Wildman–Crippen MR) is 184 cm³/mol. The van der Waals surface area contributed by atoms with Gasteiger partial charge in [0.05, 0.1) is 35.5 Å². The molecule has 0 amide bonds. The summed E-state index contributed by atoms with van der Waals surface area (Å²) >= 11 is 0. The van der Waals surface area contributed by atoms with Crippen molar-refractivity contribution in [3.05, 3.63) is 94.6 Å². The Kier molecular flexibility index (Phi) is 9.66. The number of morpholine rings is 1.